The van der Waals surface area contributed by atoms with E-state index in [1.807, 2.05) is 24.3 Å². The molecule has 4 aromatic rings. The van der Waals surface area contributed by atoms with Gasteiger partial charge in [-0.3, -0.25) is 10.1 Å². The largest absolute Gasteiger partial charge is 0.407 e. The van der Waals surface area contributed by atoms with Crippen molar-refractivity contribution in [2.45, 2.75) is 11.3 Å². The number of sulfone groups is 1. The fourth-order valence-corrected chi connectivity index (χ4v) is 4.02. The second kappa shape index (κ2) is 7.13. The lowest BCUT2D eigenvalue weighted by molar-refractivity contribution is 0.102. The zero-order valence-corrected chi connectivity index (χ0v) is 16.3. The predicted octanol–water partition coefficient (Wildman–Crippen LogP) is 2.93. The molecule has 2 aromatic heterocycles. The third-order valence-electron chi connectivity index (χ3n) is 3.88. The summed E-state index contributed by atoms with van der Waals surface area (Å²) >= 11 is 1.28. The van der Waals surface area contributed by atoms with Gasteiger partial charge in [-0.25, -0.2) is 13.4 Å². The summed E-state index contributed by atoms with van der Waals surface area (Å²) in [5.41, 5.74) is 1.56. The van der Waals surface area contributed by atoms with Crippen LogP contribution in [0.1, 0.15) is 21.3 Å². The molecule has 0 saturated heterocycles. The highest BCUT2D eigenvalue weighted by atomic mass is 32.2. The lowest BCUT2D eigenvalue weighted by atomic mass is 10.1. The Labute approximate surface area is 164 Å². The van der Waals surface area contributed by atoms with Crippen LogP contribution in [0.5, 0.6) is 0 Å². The highest BCUT2D eigenvalue weighted by Crippen LogP contribution is 2.22. The van der Waals surface area contributed by atoms with Crippen LogP contribution in [0.15, 0.2) is 57.8 Å². The number of benzene rings is 2. The molecule has 8 nitrogen and oxygen atoms in total. The van der Waals surface area contributed by atoms with Gasteiger partial charge >= 0.3 is 6.01 Å². The van der Waals surface area contributed by atoms with Gasteiger partial charge in [0.2, 0.25) is 5.89 Å². The summed E-state index contributed by atoms with van der Waals surface area (Å²) in [5, 5.41) is 10.6. The Morgan fingerprint density at radius 3 is 2.57 bits per heavy atom. The molecule has 0 unspecified atom stereocenters. The van der Waals surface area contributed by atoms with Crippen molar-refractivity contribution in [1.29, 1.82) is 0 Å². The first-order valence-electron chi connectivity index (χ1n) is 8.17. The van der Waals surface area contributed by atoms with E-state index in [1.165, 1.54) is 23.5 Å². The van der Waals surface area contributed by atoms with Crippen LogP contribution in [-0.2, 0) is 16.3 Å². The first kappa shape index (κ1) is 18.3. The van der Waals surface area contributed by atoms with E-state index in [-0.39, 0.29) is 10.9 Å². The van der Waals surface area contributed by atoms with Crippen LogP contribution >= 0.6 is 11.3 Å². The maximum atomic E-state index is 12.3. The molecule has 0 atom stereocenters. The van der Waals surface area contributed by atoms with Gasteiger partial charge in [-0.1, -0.05) is 29.4 Å². The summed E-state index contributed by atoms with van der Waals surface area (Å²) in [7, 11) is -3.24. The van der Waals surface area contributed by atoms with E-state index in [0.29, 0.717) is 17.3 Å². The van der Waals surface area contributed by atoms with Crippen LogP contribution in [0, 0.1) is 0 Å². The van der Waals surface area contributed by atoms with Crippen molar-refractivity contribution in [3.8, 4) is 0 Å². The zero-order chi connectivity index (χ0) is 19.7. The third kappa shape index (κ3) is 3.92. The molecule has 0 radical (unpaired) electrons. The van der Waals surface area contributed by atoms with Gasteiger partial charge in [0.05, 0.1) is 21.5 Å². The van der Waals surface area contributed by atoms with Gasteiger partial charge in [0.1, 0.15) is 0 Å². The predicted molar refractivity (Wildman–Crippen MR) is 104 cm³/mol. The quantitative estimate of drug-likeness (QED) is 0.534. The average Bonchev–Trinajstić information content (AvgIpc) is 3.28. The van der Waals surface area contributed by atoms with E-state index in [2.05, 4.69) is 20.5 Å². The second-order valence-electron chi connectivity index (χ2n) is 6.03. The highest BCUT2D eigenvalue weighted by molar-refractivity contribution is 7.90. The minimum atomic E-state index is -3.24. The fraction of sp³-hybridized carbons (Fsp3) is 0.111. The van der Waals surface area contributed by atoms with Crippen molar-refractivity contribution < 1.29 is 17.6 Å². The molecule has 4 rings (SSSR count). The number of anilines is 1. The van der Waals surface area contributed by atoms with E-state index in [1.54, 1.807) is 12.1 Å². The molecule has 28 heavy (non-hydrogen) atoms. The summed E-state index contributed by atoms with van der Waals surface area (Å²) in [6.07, 6.45) is 1.47. The molecule has 2 heterocycles. The first-order chi connectivity index (χ1) is 13.4. The molecule has 1 N–H and O–H groups in total. The number of para-hydroxylation sites is 1. The summed E-state index contributed by atoms with van der Waals surface area (Å²) in [6, 6.07) is 13.9. The van der Waals surface area contributed by atoms with Crippen molar-refractivity contribution in [2.24, 2.45) is 0 Å². The van der Waals surface area contributed by atoms with Gasteiger partial charge in [-0.15, -0.1) is 16.4 Å². The lowest BCUT2D eigenvalue weighted by Crippen LogP contribution is -2.11. The Morgan fingerprint density at radius 2 is 1.86 bits per heavy atom. The van der Waals surface area contributed by atoms with Crippen LogP contribution < -0.4 is 5.32 Å². The average molecular weight is 414 g/mol. The molecule has 0 saturated carbocycles. The summed E-state index contributed by atoms with van der Waals surface area (Å²) < 4.78 is 29.4. The molecule has 142 valence electrons. The third-order valence-corrected chi connectivity index (χ3v) is 6.05. The molecule has 0 aliphatic heterocycles. The topological polar surface area (TPSA) is 115 Å². The SMILES string of the molecule is CS(=O)(=O)c1ccc(Cc2nnc(NC(=O)c3nc4ccccc4s3)o2)cc1. The number of nitrogens with zero attached hydrogens (tertiary/aromatic N) is 3. The number of carbonyl (C=O) groups excluding carboxylic acids is 1. The minimum Gasteiger partial charge on any atom is -0.407 e. The fourth-order valence-electron chi connectivity index (χ4n) is 2.52. The maximum absolute atomic E-state index is 12.3. The van der Waals surface area contributed by atoms with Crippen molar-refractivity contribution in [3.63, 3.8) is 0 Å². The highest BCUT2D eigenvalue weighted by Gasteiger charge is 2.16. The van der Waals surface area contributed by atoms with Gasteiger partial charge in [0.15, 0.2) is 14.8 Å². The number of amides is 1. The van der Waals surface area contributed by atoms with Gasteiger partial charge in [-0.05, 0) is 29.8 Å². The molecule has 10 heteroatoms. The van der Waals surface area contributed by atoms with Crippen molar-refractivity contribution in [2.75, 3.05) is 11.6 Å². The molecule has 0 aliphatic carbocycles. The molecule has 0 spiro atoms. The lowest BCUT2D eigenvalue weighted by Gasteiger charge is -2.00. The molecular weight excluding hydrogens is 400 g/mol. The Kier molecular flexibility index (Phi) is 4.65. The molecule has 0 aliphatic rings. The zero-order valence-electron chi connectivity index (χ0n) is 14.6. The minimum absolute atomic E-state index is 0.0213. The molecule has 0 bridgehead atoms. The number of fused-ring (bicyclic) bond motifs is 1. The molecule has 2 aromatic carbocycles. The monoisotopic (exact) mass is 414 g/mol. The van der Waals surface area contributed by atoms with E-state index >= 15 is 0 Å². The normalized spacial score (nSPS) is 11.6. The maximum Gasteiger partial charge on any atom is 0.322 e. The van der Waals surface area contributed by atoms with Crippen molar-refractivity contribution >= 4 is 43.3 Å². The Morgan fingerprint density at radius 1 is 1.11 bits per heavy atom. The molecule has 1 amide bonds. The van der Waals surface area contributed by atoms with Crippen LogP contribution in [0.25, 0.3) is 10.2 Å². The van der Waals surface area contributed by atoms with E-state index in [9.17, 15) is 13.2 Å². The Bertz CT molecular complexity index is 1230. The van der Waals surface area contributed by atoms with Crippen LogP contribution in [0.3, 0.4) is 0 Å². The summed E-state index contributed by atoms with van der Waals surface area (Å²) in [6.45, 7) is 0. The summed E-state index contributed by atoms with van der Waals surface area (Å²) in [4.78, 5) is 16.9. The molecular formula is C18H14N4O4S2. The summed E-state index contributed by atoms with van der Waals surface area (Å²) in [5.74, 6) is -0.124. The molecule has 0 fully saturated rings. The van der Waals surface area contributed by atoms with Crippen LogP contribution in [0.2, 0.25) is 0 Å². The van der Waals surface area contributed by atoms with Gasteiger partial charge in [0, 0.05) is 6.26 Å². The van der Waals surface area contributed by atoms with Crippen LogP contribution in [-0.4, -0.2) is 35.8 Å². The standard InChI is InChI=1S/C18H14N4O4S2/c1-28(24,25)12-8-6-11(7-9-12)10-15-21-22-18(26-15)20-16(23)17-19-13-4-2-3-5-14(13)27-17/h2-9H,10H2,1H3,(H,20,22,23). The number of nitrogens with one attached hydrogen (secondary N) is 1. The van der Waals surface area contributed by atoms with E-state index in [4.69, 9.17) is 4.42 Å². The van der Waals surface area contributed by atoms with Crippen molar-refractivity contribution in [1.82, 2.24) is 15.2 Å². The number of aromatic nitrogens is 3. The smallest absolute Gasteiger partial charge is 0.322 e. The number of hydrogen-bond donors (Lipinski definition) is 1. The number of rotatable bonds is 5. The van der Waals surface area contributed by atoms with E-state index < -0.39 is 15.7 Å². The number of carbonyl (C=O) groups is 1. The van der Waals surface area contributed by atoms with Gasteiger partial charge in [-0.2, -0.15) is 0 Å². The first-order valence-corrected chi connectivity index (χ1v) is 10.9. The Hall–Kier alpha value is -3.11. The van der Waals surface area contributed by atoms with Crippen LogP contribution in [0.4, 0.5) is 6.01 Å². The van der Waals surface area contributed by atoms with Gasteiger partial charge in [0.25, 0.3) is 5.91 Å². The number of thiazole rings is 1. The second-order valence-corrected chi connectivity index (χ2v) is 9.08. The van der Waals surface area contributed by atoms with Gasteiger partial charge < -0.3 is 4.42 Å². The van der Waals surface area contributed by atoms with Crippen molar-refractivity contribution in [3.05, 3.63) is 65.0 Å². The number of hydrogen-bond acceptors (Lipinski definition) is 8. The Balaban J connectivity index is 1.44. The van der Waals surface area contributed by atoms with E-state index in [0.717, 1.165) is 22.0 Å².